The molecule has 2 aliphatic heterocycles. The van der Waals surface area contributed by atoms with Crippen molar-refractivity contribution in [2.75, 3.05) is 25.0 Å². The molecule has 4 heterocycles. The third kappa shape index (κ3) is 5.99. The highest BCUT2D eigenvalue weighted by atomic mass is 19.1. The fourth-order valence-electron chi connectivity index (χ4n) is 5.23. The van der Waals surface area contributed by atoms with Crippen LogP contribution in [0.1, 0.15) is 40.2 Å². The van der Waals surface area contributed by atoms with E-state index in [2.05, 4.69) is 19.8 Å². The second-order valence-electron chi connectivity index (χ2n) is 10.4. The van der Waals surface area contributed by atoms with Crippen LogP contribution in [-0.2, 0) is 24.4 Å². The summed E-state index contributed by atoms with van der Waals surface area (Å²) in [7, 11) is 0. The number of nitriles is 1. The van der Waals surface area contributed by atoms with E-state index in [-0.39, 0.29) is 29.9 Å². The molecule has 0 amide bonds. The number of halogens is 1. The zero-order chi connectivity index (χ0) is 28.3. The van der Waals surface area contributed by atoms with Crippen LogP contribution < -0.4 is 10.1 Å². The molecule has 6 rings (SSSR count). The van der Waals surface area contributed by atoms with Gasteiger partial charge < -0.3 is 24.5 Å². The number of nitrogens with one attached hydrogen (secondary N) is 1. The standard InChI is InChI=1S/C30H29FN6O4/c31-24-12-19(14-32)4-5-21(24)18-41-29-3-1-2-27(35-29)33-22-8-10-36(15-22)17-28-34-25-7-6-20(30(38)39)13-26(25)37(28)16-23-9-11-40-23/h1-7,12-13,22-23H,8-11,15-18H2,(H,33,35)(H,38,39)/t22-,23+/m1/s1. The molecule has 2 N–H and O–H groups in total. The number of ether oxygens (including phenoxy) is 2. The number of rotatable bonds is 10. The zero-order valence-corrected chi connectivity index (χ0v) is 22.3. The fraction of sp³-hybridized carbons (Fsp3) is 0.333. The number of carbonyl (C=O) groups is 1. The van der Waals surface area contributed by atoms with Gasteiger partial charge in [0.15, 0.2) is 0 Å². The van der Waals surface area contributed by atoms with E-state index in [1.54, 1.807) is 36.4 Å². The quantitative estimate of drug-likeness (QED) is 0.296. The van der Waals surface area contributed by atoms with Crippen molar-refractivity contribution in [3.63, 3.8) is 0 Å². The number of aromatic carboxylic acids is 1. The Balaban J connectivity index is 1.09. The molecular weight excluding hydrogens is 527 g/mol. The molecule has 10 nitrogen and oxygen atoms in total. The van der Waals surface area contributed by atoms with Gasteiger partial charge >= 0.3 is 5.97 Å². The summed E-state index contributed by atoms with van der Waals surface area (Å²) in [5.74, 6) is 0.494. The van der Waals surface area contributed by atoms with Crippen LogP contribution in [0.15, 0.2) is 54.6 Å². The molecule has 0 radical (unpaired) electrons. The lowest BCUT2D eigenvalue weighted by Gasteiger charge is -2.28. The first-order chi connectivity index (χ1) is 19.9. The number of benzene rings is 2. The molecule has 2 aromatic carbocycles. The van der Waals surface area contributed by atoms with Crippen molar-refractivity contribution in [3.8, 4) is 11.9 Å². The van der Waals surface area contributed by atoms with Gasteiger partial charge in [0, 0.05) is 37.4 Å². The molecule has 210 valence electrons. The predicted molar refractivity (Wildman–Crippen MR) is 148 cm³/mol. The molecule has 4 aromatic rings. The van der Waals surface area contributed by atoms with Gasteiger partial charge in [0.05, 0.1) is 47.4 Å². The molecular formula is C30H29FN6O4. The normalized spacial score (nSPS) is 18.6. The van der Waals surface area contributed by atoms with E-state index >= 15 is 0 Å². The molecule has 0 saturated carbocycles. The van der Waals surface area contributed by atoms with Crippen molar-refractivity contribution < 1.29 is 23.8 Å². The van der Waals surface area contributed by atoms with Crippen LogP contribution in [0.25, 0.3) is 11.0 Å². The maximum atomic E-state index is 14.2. The number of anilines is 1. The summed E-state index contributed by atoms with van der Waals surface area (Å²) in [6.07, 6.45) is 2.01. The molecule has 2 atom stereocenters. The van der Waals surface area contributed by atoms with Gasteiger partial charge in [-0.2, -0.15) is 10.2 Å². The minimum absolute atomic E-state index is 0.00601. The lowest BCUT2D eigenvalue weighted by Crippen LogP contribution is -2.33. The van der Waals surface area contributed by atoms with Gasteiger partial charge in [0.25, 0.3) is 0 Å². The lowest BCUT2D eigenvalue weighted by atomic mass is 10.1. The summed E-state index contributed by atoms with van der Waals surface area (Å²) in [4.78, 5) is 23.3. The van der Waals surface area contributed by atoms with Crippen molar-refractivity contribution in [2.45, 2.75) is 44.7 Å². The van der Waals surface area contributed by atoms with Crippen LogP contribution >= 0.6 is 0 Å². The summed E-state index contributed by atoms with van der Waals surface area (Å²) < 4.78 is 27.7. The predicted octanol–water partition coefficient (Wildman–Crippen LogP) is 4.19. The topological polar surface area (TPSA) is 126 Å². The highest BCUT2D eigenvalue weighted by Gasteiger charge is 2.27. The van der Waals surface area contributed by atoms with Gasteiger partial charge in [-0.05, 0) is 49.2 Å². The zero-order valence-electron chi connectivity index (χ0n) is 22.3. The van der Waals surface area contributed by atoms with Gasteiger partial charge in [-0.25, -0.2) is 14.2 Å². The smallest absolute Gasteiger partial charge is 0.335 e. The maximum absolute atomic E-state index is 14.2. The van der Waals surface area contributed by atoms with Crippen LogP contribution in [0.4, 0.5) is 10.2 Å². The van der Waals surface area contributed by atoms with Crippen LogP contribution in [0.5, 0.6) is 5.88 Å². The fourth-order valence-corrected chi connectivity index (χ4v) is 5.23. The van der Waals surface area contributed by atoms with Gasteiger partial charge in [0.2, 0.25) is 5.88 Å². The van der Waals surface area contributed by atoms with E-state index in [1.165, 1.54) is 6.07 Å². The number of imidazole rings is 1. The van der Waals surface area contributed by atoms with Crippen molar-refractivity contribution in [1.82, 2.24) is 19.4 Å². The molecule has 0 bridgehead atoms. The van der Waals surface area contributed by atoms with E-state index in [0.717, 1.165) is 49.4 Å². The molecule has 0 aliphatic carbocycles. The van der Waals surface area contributed by atoms with E-state index < -0.39 is 11.8 Å². The van der Waals surface area contributed by atoms with Gasteiger partial charge in [-0.3, -0.25) is 4.90 Å². The first kappa shape index (κ1) is 26.7. The van der Waals surface area contributed by atoms with Crippen LogP contribution in [0.2, 0.25) is 0 Å². The minimum atomic E-state index is -0.959. The Bertz CT molecular complexity index is 1630. The second-order valence-corrected chi connectivity index (χ2v) is 10.4. The number of fused-ring (bicyclic) bond motifs is 1. The Kier molecular flexibility index (Phi) is 7.50. The molecule has 2 saturated heterocycles. The molecule has 2 fully saturated rings. The Labute approximate surface area is 236 Å². The molecule has 41 heavy (non-hydrogen) atoms. The maximum Gasteiger partial charge on any atom is 0.335 e. The minimum Gasteiger partial charge on any atom is -0.478 e. The van der Waals surface area contributed by atoms with Gasteiger partial charge in [-0.15, -0.1) is 0 Å². The van der Waals surface area contributed by atoms with Crippen molar-refractivity contribution in [3.05, 3.63) is 82.9 Å². The summed E-state index contributed by atoms with van der Waals surface area (Å²) in [6, 6.07) is 16.9. The van der Waals surface area contributed by atoms with Crippen molar-refractivity contribution in [2.24, 2.45) is 0 Å². The Morgan fingerprint density at radius 1 is 1.20 bits per heavy atom. The van der Waals surface area contributed by atoms with E-state index in [4.69, 9.17) is 19.7 Å². The number of hydrogen-bond donors (Lipinski definition) is 2. The number of nitrogens with zero attached hydrogens (tertiary/aromatic N) is 5. The highest BCUT2D eigenvalue weighted by molar-refractivity contribution is 5.92. The average molecular weight is 557 g/mol. The van der Waals surface area contributed by atoms with E-state index in [9.17, 15) is 14.3 Å². The summed E-state index contributed by atoms with van der Waals surface area (Å²) in [5.41, 5.74) is 2.44. The number of carboxylic acids is 1. The molecule has 0 spiro atoms. The molecule has 2 aromatic heterocycles. The molecule has 2 aliphatic rings. The van der Waals surface area contributed by atoms with Crippen molar-refractivity contribution in [1.29, 1.82) is 5.26 Å². The third-order valence-electron chi connectivity index (χ3n) is 7.52. The number of hydrogen-bond acceptors (Lipinski definition) is 8. The van der Waals surface area contributed by atoms with E-state index in [0.29, 0.717) is 30.4 Å². The van der Waals surface area contributed by atoms with E-state index in [1.807, 2.05) is 18.2 Å². The summed E-state index contributed by atoms with van der Waals surface area (Å²) in [6.45, 7) is 3.69. The number of aromatic nitrogens is 3. The Morgan fingerprint density at radius 2 is 2.07 bits per heavy atom. The summed E-state index contributed by atoms with van der Waals surface area (Å²) >= 11 is 0. The molecule has 11 heteroatoms. The third-order valence-corrected chi connectivity index (χ3v) is 7.52. The Hall–Kier alpha value is -4.53. The monoisotopic (exact) mass is 556 g/mol. The largest absolute Gasteiger partial charge is 0.478 e. The molecule has 0 unspecified atom stereocenters. The Morgan fingerprint density at radius 3 is 2.83 bits per heavy atom. The SMILES string of the molecule is N#Cc1ccc(COc2cccc(N[C@@H]3CCN(Cc4nc5ccc(C(=O)O)cc5n4C[C@@H]4CCO4)C3)n2)c(F)c1. The second kappa shape index (κ2) is 11.5. The van der Waals surface area contributed by atoms with Crippen molar-refractivity contribution >= 4 is 22.8 Å². The van der Waals surface area contributed by atoms with Gasteiger partial charge in [0.1, 0.15) is 24.1 Å². The lowest BCUT2D eigenvalue weighted by molar-refractivity contribution is -0.0591. The highest BCUT2D eigenvalue weighted by Crippen LogP contribution is 2.25. The van der Waals surface area contributed by atoms with Crippen LogP contribution in [0, 0.1) is 17.1 Å². The number of carboxylic acid groups (broad SMARTS) is 1. The first-order valence-corrected chi connectivity index (χ1v) is 13.6. The van der Waals surface area contributed by atoms with Gasteiger partial charge in [-0.1, -0.05) is 12.1 Å². The number of likely N-dealkylation sites (tertiary alicyclic amines) is 1. The van der Waals surface area contributed by atoms with Crippen LogP contribution in [0.3, 0.4) is 0 Å². The first-order valence-electron chi connectivity index (χ1n) is 13.6. The average Bonchev–Trinajstić information content (AvgIpc) is 3.53. The summed E-state index contributed by atoms with van der Waals surface area (Å²) in [5, 5.41) is 21.9. The number of pyridine rings is 1. The van der Waals surface area contributed by atoms with Crippen LogP contribution in [-0.4, -0.2) is 62.4 Å².